The molecule has 0 atom stereocenters. The maximum Gasteiger partial charge on any atom is 0.144 e. The maximum atomic E-state index is 5.60. The highest BCUT2D eigenvalue weighted by atomic mass is 79.9. The molecule has 3 N–H and O–H groups in total. The number of anilines is 1. The van der Waals surface area contributed by atoms with Crippen LogP contribution in [0.5, 0.6) is 0 Å². The van der Waals surface area contributed by atoms with E-state index in [0.717, 1.165) is 15.5 Å². The minimum Gasteiger partial charge on any atom is -0.383 e. The van der Waals surface area contributed by atoms with Gasteiger partial charge in [0.1, 0.15) is 17.8 Å². The van der Waals surface area contributed by atoms with Crippen molar-refractivity contribution in [3.63, 3.8) is 0 Å². The molecule has 0 saturated carbocycles. The highest BCUT2D eigenvalue weighted by Crippen LogP contribution is 2.24. The van der Waals surface area contributed by atoms with Crippen LogP contribution in [0.4, 0.5) is 5.82 Å². The number of halogens is 1. The lowest BCUT2D eigenvalue weighted by atomic mass is 10.4. The molecule has 0 saturated heterocycles. The first-order valence-corrected chi connectivity index (χ1v) is 3.81. The minimum absolute atomic E-state index is 0.489. The fourth-order valence-corrected chi connectivity index (χ4v) is 1.45. The van der Waals surface area contributed by atoms with Crippen molar-refractivity contribution in [2.75, 3.05) is 5.73 Å². The van der Waals surface area contributed by atoms with Gasteiger partial charge in [0.2, 0.25) is 0 Å². The molecular formula is C6H5BrN4. The molecule has 0 aliphatic heterocycles. The van der Waals surface area contributed by atoms with Crippen LogP contribution in [0.1, 0.15) is 0 Å². The lowest BCUT2D eigenvalue weighted by Gasteiger charge is -1.92. The van der Waals surface area contributed by atoms with Crippen LogP contribution >= 0.6 is 15.9 Å². The van der Waals surface area contributed by atoms with Crippen molar-refractivity contribution < 1.29 is 0 Å². The molecule has 4 nitrogen and oxygen atoms in total. The van der Waals surface area contributed by atoms with E-state index in [-0.39, 0.29) is 0 Å². The summed E-state index contributed by atoms with van der Waals surface area (Å²) in [5, 5.41) is 0.840. The topological polar surface area (TPSA) is 67.6 Å². The van der Waals surface area contributed by atoms with Crippen molar-refractivity contribution >= 4 is 32.8 Å². The van der Waals surface area contributed by atoms with Crippen LogP contribution in [0.15, 0.2) is 17.0 Å². The molecule has 0 aliphatic carbocycles. The van der Waals surface area contributed by atoms with Crippen molar-refractivity contribution in [3.8, 4) is 0 Å². The summed E-state index contributed by atoms with van der Waals surface area (Å²) >= 11 is 3.33. The maximum absolute atomic E-state index is 5.60. The van der Waals surface area contributed by atoms with Crippen LogP contribution in [-0.2, 0) is 0 Å². The van der Waals surface area contributed by atoms with Gasteiger partial charge < -0.3 is 10.7 Å². The van der Waals surface area contributed by atoms with Gasteiger partial charge in [-0.15, -0.1) is 0 Å². The summed E-state index contributed by atoms with van der Waals surface area (Å²) in [4.78, 5) is 10.8. The quantitative estimate of drug-likeness (QED) is 0.692. The second-order valence-corrected chi connectivity index (χ2v) is 2.97. The van der Waals surface area contributed by atoms with Gasteiger partial charge >= 0.3 is 0 Å². The summed E-state index contributed by atoms with van der Waals surface area (Å²) in [5.74, 6) is 0.489. The number of hydrogen-bond donors (Lipinski definition) is 2. The number of hydrogen-bond acceptors (Lipinski definition) is 3. The number of H-pyrrole nitrogens is 1. The second-order valence-electron chi connectivity index (χ2n) is 2.12. The summed E-state index contributed by atoms with van der Waals surface area (Å²) in [6, 6.07) is 0. The summed E-state index contributed by atoms with van der Waals surface area (Å²) in [6.45, 7) is 0. The predicted molar refractivity (Wildman–Crippen MR) is 46.0 cm³/mol. The van der Waals surface area contributed by atoms with E-state index in [1.54, 1.807) is 6.20 Å². The normalized spacial score (nSPS) is 10.6. The SMILES string of the molecule is Nc1ncnc2[nH]cc(Br)c12. The van der Waals surface area contributed by atoms with Crippen LogP contribution in [0.25, 0.3) is 11.0 Å². The number of aromatic amines is 1. The van der Waals surface area contributed by atoms with E-state index in [0.29, 0.717) is 5.82 Å². The standard InChI is InChI=1S/C6H5BrN4/c7-3-1-9-6-4(3)5(8)10-2-11-6/h1-2H,(H3,8,9,10,11). The fourth-order valence-electron chi connectivity index (χ4n) is 0.948. The van der Waals surface area contributed by atoms with Crippen molar-refractivity contribution in [3.05, 3.63) is 17.0 Å². The molecule has 0 aromatic carbocycles. The molecule has 0 amide bonds. The first kappa shape index (κ1) is 6.60. The van der Waals surface area contributed by atoms with Gasteiger partial charge in [0.15, 0.2) is 0 Å². The first-order chi connectivity index (χ1) is 5.29. The highest BCUT2D eigenvalue weighted by Gasteiger charge is 2.04. The van der Waals surface area contributed by atoms with E-state index in [1.807, 2.05) is 0 Å². The Morgan fingerprint density at radius 2 is 2.27 bits per heavy atom. The van der Waals surface area contributed by atoms with Gasteiger partial charge in [-0.25, -0.2) is 9.97 Å². The number of rotatable bonds is 0. The van der Waals surface area contributed by atoms with Gasteiger partial charge in [-0.1, -0.05) is 0 Å². The van der Waals surface area contributed by atoms with Gasteiger partial charge in [-0.05, 0) is 15.9 Å². The Kier molecular flexibility index (Phi) is 1.32. The molecule has 2 heterocycles. The van der Waals surface area contributed by atoms with Crippen LogP contribution in [0, 0.1) is 0 Å². The summed E-state index contributed by atoms with van der Waals surface area (Å²) in [6.07, 6.45) is 3.22. The van der Waals surface area contributed by atoms with E-state index in [4.69, 9.17) is 5.73 Å². The number of aromatic nitrogens is 3. The van der Waals surface area contributed by atoms with Gasteiger partial charge in [0.05, 0.1) is 5.39 Å². The smallest absolute Gasteiger partial charge is 0.144 e. The summed E-state index contributed by atoms with van der Waals surface area (Å²) < 4.78 is 0.894. The third-order valence-electron chi connectivity index (χ3n) is 1.45. The number of nitrogen functional groups attached to an aromatic ring is 1. The Balaban J connectivity index is 2.96. The summed E-state index contributed by atoms with van der Waals surface area (Å²) in [7, 11) is 0. The average Bonchev–Trinajstić information content (AvgIpc) is 2.34. The zero-order valence-corrected chi connectivity index (χ0v) is 7.09. The number of nitrogens with two attached hydrogens (primary N) is 1. The fraction of sp³-hybridized carbons (Fsp3) is 0. The Bertz CT molecular complexity index is 394. The largest absolute Gasteiger partial charge is 0.383 e. The van der Waals surface area contributed by atoms with Gasteiger partial charge in [-0.3, -0.25) is 0 Å². The Hall–Kier alpha value is -1.10. The molecule has 2 aromatic rings. The highest BCUT2D eigenvalue weighted by molar-refractivity contribution is 9.10. The van der Waals surface area contributed by atoms with E-state index in [1.165, 1.54) is 6.33 Å². The van der Waals surface area contributed by atoms with Crippen LogP contribution in [0.3, 0.4) is 0 Å². The Morgan fingerprint density at radius 3 is 3.00 bits per heavy atom. The third kappa shape index (κ3) is 0.883. The van der Waals surface area contributed by atoms with E-state index < -0.39 is 0 Å². The first-order valence-electron chi connectivity index (χ1n) is 3.02. The van der Waals surface area contributed by atoms with Crippen molar-refractivity contribution in [2.45, 2.75) is 0 Å². The van der Waals surface area contributed by atoms with E-state index >= 15 is 0 Å². The van der Waals surface area contributed by atoms with Gasteiger partial charge in [0.25, 0.3) is 0 Å². The Morgan fingerprint density at radius 1 is 1.45 bits per heavy atom. The summed E-state index contributed by atoms with van der Waals surface area (Å²) in [5.41, 5.74) is 6.35. The Labute approximate surface area is 71.0 Å². The molecule has 11 heavy (non-hydrogen) atoms. The minimum atomic E-state index is 0.489. The van der Waals surface area contributed by atoms with Crippen LogP contribution < -0.4 is 5.73 Å². The lowest BCUT2D eigenvalue weighted by molar-refractivity contribution is 1.21. The molecule has 0 aliphatic rings. The zero-order chi connectivity index (χ0) is 7.84. The van der Waals surface area contributed by atoms with Crippen molar-refractivity contribution in [2.24, 2.45) is 0 Å². The molecular weight excluding hydrogens is 208 g/mol. The molecule has 0 spiro atoms. The third-order valence-corrected chi connectivity index (χ3v) is 2.08. The molecule has 56 valence electrons. The van der Waals surface area contributed by atoms with Crippen molar-refractivity contribution in [1.29, 1.82) is 0 Å². The molecule has 0 bridgehead atoms. The lowest BCUT2D eigenvalue weighted by Crippen LogP contribution is -1.91. The molecule has 5 heteroatoms. The van der Waals surface area contributed by atoms with Crippen LogP contribution in [-0.4, -0.2) is 15.0 Å². The van der Waals surface area contributed by atoms with Crippen LogP contribution in [0.2, 0.25) is 0 Å². The zero-order valence-electron chi connectivity index (χ0n) is 5.50. The molecule has 0 fully saturated rings. The molecule has 0 unspecified atom stereocenters. The number of nitrogens with one attached hydrogen (secondary N) is 1. The average molecular weight is 213 g/mol. The van der Waals surface area contributed by atoms with Crippen molar-refractivity contribution in [1.82, 2.24) is 15.0 Å². The monoisotopic (exact) mass is 212 g/mol. The number of nitrogens with zero attached hydrogens (tertiary/aromatic N) is 2. The number of fused-ring (bicyclic) bond motifs is 1. The van der Waals surface area contributed by atoms with Gasteiger partial charge in [0, 0.05) is 10.7 Å². The van der Waals surface area contributed by atoms with E-state index in [9.17, 15) is 0 Å². The molecule has 2 aromatic heterocycles. The molecule has 2 rings (SSSR count). The van der Waals surface area contributed by atoms with Gasteiger partial charge in [-0.2, -0.15) is 0 Å². The molecule has 0 radical (unpaired) electrons. The van der Waals surface area contributed by atoms with E-state index in [2.05, 4.69) is 30.9 Å². The second kappa shape index (κ2) is 2.20. The predicted octanol–water partition coefficient (Wildman–Crippen LogP) is 1.30.